The van der Waals surface area contributed by atoms with Crippen LogP contribution in [0.1, 0.15) is 5.56 Å². The van der Waals surface area contributed by atoms with Gasteiger partial charge in [0, 0.05) is 24.2 Å². The van der Waals surface area contributed by atoms with Crippen molar-refractivity contribution < 1.29 is 26.7 Å². The predicted octanol–water partition coefficient (Wildman–Crippen LogP) is 4.67. The quantitative estimate of drug-likeness (QED) is 0.384. The fourth-order valence-electron chi connectivity index (χ4n) is 1.94. The molecule has 2 aromatic rings. The number of anilines is 1. The van der Waals surface area contributed by atoms with Crippen LogP contribution < -0.4 is 10.6 Å². The Morgan fingerprint density at radius 3 is 2.41 bits per heavy atom. The topological polar surface area (TPSA) is 54.0 Å². The average molecular weight is 426 g/mol. The fourth-order valence-corrected chi connectivity index (χ4v) is 2.85. The summed E-state index contributed by atoms with van der Waals surface area (Å²) in [6.45, 7) is -0.569. The second-order valence-corrected chi connectivity index (χ2v) is 6.79. The highest BCUT2D eigenvalue weighted by Gasteiger charge is 2.40. The van der Waals surface area contributed by atoms with Crippen molar-refractivity contribution in [3.8, 4) is 0 Å². The van der Waals surface area contributed by atoms with Crippen molar-refractivity contribution in [3.63, 3.8) is 0 Å². The van der Waals surface area contributed by atoms with E-state index in [-0.39, 0.29) is 34.8 Å². The van der Waals surface area contributed by atoms with Gasteiger partial charge in [0.25, 0.3) is 0 Å². The van der Waals surface area contributed by atoms with E-state index >= 15 is 0 Å². The molecule has 0 atom stereocenters. The van der Waals surface area contributed by atoms with E-state index in [1.807, 2.05) is 5.32 Å². The first-order chi connectivity index (χ1) is 12.6. The van der Waals surface area contributed by atoms with Crippen molar-refractivity contribution in [2.45, 2.75) is 16.3 Å². The van der Waals surface area contributed by atoms with Crippen molar-refractivity contribution in [1.82, 2.24) is 10.3 Å². The van der Waals surface area contributed by atoms with Gasteiger partial charge in [0.05, 0.1) is 10.6 Å². The lowest BCUT2D eigenvalue weighted by molar-refractivity contribution is -0.137. The molecule has 0 unspecified atom stereocenters. The highest BCUT2D eigenvalue weighted by molar-refractivity contribution is 8.01. The Morgan fingerprint density at radius 1 is 1.11 bits per heavy atom. The summed E-state index contributed by atoms with van der Waals surface area (Å²) in [5.74, 6) is -2.05. The highest BCUT2D eigenvalue weighted by atomic mass is 35.5. The number of hydrogen-bond acceptors (Lipinski definition) is 4. The van der Waals surface area contributed by atoms with Crippen LogP contribution in [0.4, 0.5) is 27.8 Å². The molecule has 0 saturated heterocycles. The molecule has 0 aliphatic rings. The third-order valence-electron chi connectivity index (χ3n) is 3.12. The van der Waals surface area contributed by atoms with Crippen LogP contribution in [0.25, 0.3) is 0 Å². The van der Waals surface area contributed by atoms with E-state index in [2.05, 4.69) is 10.3 Å². The summed E-state index contributed by atoms with van der Waals surface area (Å²) < 4.78 is 66.5. The molecular formula is C16H13ClF5N3OS. The molecule has 0 saturated carbocycles. The van der Waals surface area contributed by atoms with Crippen LogP contribution in [0.5, 0.6) is 0 Å². The monoisotopic (exact) mass is 425 g/mol. The van der Waals surface area contributed by atoms with E-state index in [0.29, 0.717) is 6.07 Å². The van der Waals surface area contributed by atoms with Crippen LogP contribution in [-0.2, 0) is 11.0 Å². The number of halogens is 6. The Labute approximate surface area is 160 Å². The number of carbonyl (C=O) groups is 1. The number of pyridine rings is 1. The molecule has 0 fully saturated rings. The van der Waals surface area contributed by atoms with Crippen LogP contribution >= 0.6 is 23.4 Å². The molecule has 0 bridgehead atoms. The van der Waals surface area contributed by atoms with Gasteiger partial charge in [-0.3, -0.25) is 4.79 Å². The van der Waals surface area contributed by atoms with Crippen LogP contribution in [0.3, 0.4) is 0 Å². The molecule has 146 valence electrons. The maximum atomic E-state index is 13.9. The highest BCUT2D eigenvalue weighted by Crippen LogP contribution is 2.36. The van der Waals surface area contributed by atoms with Crippen LogP contribution in [0.2, 0.25) is 5.02 Å². The SMILES string of the molecule is O=C(NCCNc1ncc(Cl)cc1C(F)(F)F)C(F)(F)Sc1ccccc1. The molecule has 0 aliphatic carbocycles. The Bertz CT molecular complexity index is 789. The van der Waals surface area contributed by atoms with Crippen molar-refractivity contribution in [1.29, 1.82) is 0 Å². The lowest BCUT2D eigenvalue weighted by Gasteiger charge is -2.16. The molecule has 1 heterocycles. The number of amides is 1. The summed E-state index contributed by atoms with van der Waals surface area (Å²) in [5.41, 5.74) is -1.09. The normalized spacial score (nSPS) is 11.9. The Hall–Kier alpha value is -2.07. The minimum Gasteiger partial charge on any atom is -0.368 e. The number of nitrogens with one attached hydrogen (secondary N) is 2. The molecule has 1 amide bonds. The molecule has 0 spiro atoms. The Kier molecular flexibility index (Phi) is 6.88. The average Bonchev–Trinajstić information content (AvgIpc) is 2.59. The smallest absolute Gasteiger partial charge is 0.368 e. The maximum Gasteiger partial charge on any atom is 0.420 e. The molecule has 2 N–H and O–H groups in total. The van der Waals surface area contributed by atoms with Gasteiger partial charge in [0.15, 0.2) is 0 Å². The van der Waals surface area contributed by atoms with E-state index in [1.54, 1.807) is 18.2 Å². The van der Waals surface area contributed by atoms with E-state index in [9.17, 15) is 26.7 Å². The molecule has 1 aromatic carbocycles. The van der Waals surface area contributed by atoms with Crippen molar-refractivity contribution >= 4 is 35.1 Å². The van der Waals surface area contributed by atoms with Gasteiger partial charge in [-0.15, -0.1) is 0 Å². The molecule has 11 heteroatoms. The molecule has 4 nitrogen and oxygen atoms in total. The summed E-state index contributed by atoms with van der Waals surface area (Å²) in [6.07, 6.45) is -3.68. The van der Waals surface area contributed by atoms with Gasteiger partial charge >= 0.3 is 17.3 Å². The zero-order valence-corrected chi connectivity index (χ0v) is 15.1. The Morgan fingerprint density at radius 2 is 1.78 bits per heavy atom. The van der Waals surface area contributed by atoms with Gasteiger partial charge in [0.1, 0.15) is 5.82 Å². The van der Waals surface area contributed by atoms with E-state index in [0.717, 1.165) is 6.20 Å². The summed E-state index contributed by atoms with van der Waals surface area (Å²) in [5, 5.41) is 0.402. The summed E-state index contributed by atoms with van der Waals surface area (Å²) in [7, 11) is 0. The van der Waals surface area contributed by atoms with Gasteiger partial charge < -0.3 is 10.6 Å². The number of carbonyl (C=O) groups excluding carboxylic acids is 1. The molecule has 0 radical (unpaired) electrons. The zero-order valence-electron chi connectivity index (χ0n) is 13.5. The number of thioether (sulfide) groups is 1. The minimum atomic E-state index is -4.69. The standard InChI is InChI=1S/C16H13ClF5N3OS/c17-10-8-12(15(18,19)20)13(25-9-10)23-6-7-24-14(26)16(21,22)27-11-4-2-1-3-5-11/h1-5,8-9H,6-7H2,(H,23,25)(H,24,26). The number of aromatic nitrogens is 1. The molecule has 0 aliphatic heterocycles. The van der Waals surface area contributed by atoms with Gasteiger partial charge in [-0.1, -0.05) is 29.8 Å². The molecular weight excluding hydrogens is 413 g/mol. The first-order valence-corrected chi connectivity index (χ1v) is 8.66. The van der Waals surface area contributed by atoms with E-state index in [4.69, 9.17) is 11.6 Å². The first kappa shape index (κ1) is 21.2. The van der Waals surface area contributed by atoms with E-state index < -0.39 is 28.7 Å². The lowest BCUT2D eigenvalue weighted by atomic mass is 10.2. The summed E-state index contributed by atoms with van der Waals surface area (Å²) in [4.78, 5) is 15.4. The van der Waals surface area contributed by atoms with Gasteiger partial charge in [-0.05, 0) is 30.0 Å². The summed E-state index contributed by atoms with van der Waals surface area (Å²) in [6, 6.07) is 8.31. The molecule has 27 heavy (non-hydrogen) atoms. The lowest BCUT2D eigenvalue weighted by Crippen LogP contribution is -2.40. The van der Waals surface area contributed by atoms with Crippen LogP contribution in [-0.4, -0.2) is 29.2 Å². The third kappa shape index (κ3) is 6.24. The summed E-state index contributed by atoms with van der Waals surface area (Å²) >= 11 is 5.58. The number of benzene rings is 1. The Balaban J connectivity index is 1.89. The predicted molar refractivity (Wildman–Crippen MR) is 93.0 cm³/mol. The van der Waals surface area contributed by atoms with Gasteiger partial charge in [-0.2, -0.15) is 22.0 Å². The number of rotatable bonds is 7. The van der Waals surface area contributed by atoms with E-state index in [1.165, 1.54) is 12.1 Å². The first-order valence-electron chi connectivity index (χ1n) is 7.46. The maximum absolute atomic E-state index is 13.9. The van der Waals surface area contributed by atoms with Gasteiger partial charge in [-0.25, -0.2) is 4.98 Å². The van der Waals surface area contributed by atoms with Crippen LogP contribution in [0, 0.1) is 0 Å². The second kappa shape index (κ2) is 8.75. The number of alkyl halides is 5. The molecule has 1 aromatic heterocycles. The van der Waals surface area contributed by atoms with Gasteiger partial charge in [0.2, 0.25) is 0 Å². The second-order valence-electron chi connectivity index (χ2n) is 5.16. The third-order valence-corrected chi connectivity index (χ3v) is 4.27. The number of nitrogens with zero attached hydrogens (tertiary/aromatic N) is 1. The van der Waals surface area contributed by atoms with Crippen LogP contribution in [0.15, 0.2) is 47.5 Å². The minimum absolute atomic E-state index is 0.0743. The van der Waals surface area contributed by atoms with Crippen molar-refractivity contribution in [3.05, 3.63) is 53.2 Å². The fraction of sp³-hybridized carbons (Fsp3) is 0.250. The zero-order chi connectivity index (χ0) is 20.1. The van der Waals surface area contributed by atoms with Crippen molar-refractivity contribution in [2.24, 2.45) is 0 Å². The molecule has 2 rings (SSSR count). The largest absolute Gasteiger partial charge is 0.420 e. The number of hydrogen-bond donors (Lipinski definition) is 2. The van der Waals surface area contributed by atoms with Crippen molar-refractivity contribution in [2.75, 3.05) is 18.4 Å².